The molecule has 1 atom stereocenters. The highest BCUT2D eigenvalue weighted by atomic mass is 32.2. The van der Waals surface area contributed by atoms with Crippen LogP contribution in [0.5, 0.6) is 0 Å². The molecule has 0 aromatic heterocycles. The lowest BCUT2D eigenvalue weighted by Crippen LogP contribution is -2.52. The van der Waals surface area contributed by atoms with Gasteiger partial charge < -0.3 is 15.5 Å². The van der Waals surface area contributed by atoms with Crippen molar-refractivity contribution in [2.75, 3.05) is 49.9 Å². The van der Waals surface area contributed by atoms with E-state index in [1.807, 2.05) is 25.1 Å². The quantitative estimate of drug-likeness (QED) is 0.769. The van der Waals surface area contributed by atoms with E-state index in [1.54, 1.807) is 0 Å². The molecular formula is C18H28N4O3S. The number of hydrogen-bond donors (Lipinski definition) is 2. The van der Waals surface area contributed by atoms with Crippen molar-refractivity contribution in [3.63, 3.8) is 0 Å². The van der Waals surface area contributed by atoms with E-state index in [1.165, 1.54) is 9.87 Å². The molecule has 2 heterocycles. The summed E-state index contributed by atoms with van der Waals surface area (Å²) in [7, 11) is -3.57. The Morgan fingerprint density at radius 1 is 1.27 bits per heavy atom. The zero-order valence-corrected chi connectivity index (χ0v) is 16.1. The fourth-order valence-corrected chi connectivity index (χ4v) is 4.87. The molecule has 2 fully saturated rings. The predicted molar refractivity (Wildman–Crippen MR) is 103 cm³/mol. The van der Waals surface area contributed by atoms with E-state index in [2.05, 4.69) is 21.6 Å². The molecule has 8 heteroatoms. The normalized spacial score (nSPS) is 22.2. The molecule has 2 N–H and O–H groups in total. The van der Waals surface area contributed by atoms with Crippen molar-refractivity contribution < 1.29 is 13.2 Å². The third-order valence-corrected chi connectivity index (χ3v) is 6.75. The molecule has 144 valence electrons. The number of piperidine rings is 1. The summed E-state index contributed by atoms with van der Waals surface area (Å²) in [4.78, 5) is 14.3. The number of carbonyl (C=O) groups is 1. The van der Waals surface area contributed by atoms with Crippen LogP contribution in [0.2, 0.25) is 0 Å². The van der Waals surface area contributed by atoms with Gasteiger partial charge in [-0.2, -0.15) is 4.31 Å². The number of benzene rings is 1. The number of nitrogens with zero attached hydrogens (tertiary/aromatic N) is 2. The van der Waals surface area contributed by atoms with Crippen LogP contribution in [0.15, 0.2) is 24.3 Å². The maximum Gasteiger partial charge on any atom is 0.236 e. The smallest absolute Gasteiger partial charge is 0.236 e. The maximum atomic E-state index is 12.6. The molecule has 3 rings (SSSR count). The minimum atomic E-state index is -3.57. The summed E-state index contributed by atoms with van der Waals surface area (Å²) in [6, 6.07) is 8.24. The fraction of sp³-hybridized carbons (Fsp3) is 0.611. The number of sulfonamides is 1. The number of amides is 1. The van der Waals surface area contributed by atoms with Crippen LogP contribution in [0, 0.1) is 6.92 Å². The summed E-state index contributed by atoms with van der Waals surface area (Å²) in [5, 5.41) is 6.05. The lowest BCUT2D eigenvalue weighted by atomic mass is 10.1. The van der Waals surface area contributed by atoms with Crippen molar-refractivity contribution in [1.29, 1.82) is 0 Å². The van der Waals surface area contributed by atoms with Crippen LogP contribution in [0.3, 0.4) is 0 Å². The van der Waals surface area contributed by atoms with Crippen molar-refractivity contribution >= 4 is 21.6 Å². The molecule has 7 nitrogen and oxygen atoms in total. The number of rotatable bonds is 5. The molecule has 1 aromatic rings. The number of carbonyl (C=O) groups excluding carboxylic acids is 1. The van der Waals surface area contributed by atoms with E-state index >= 15 is 0 Å². The van der Waals surface area contributed by atoms with Crippen LogP contribution >= 0.6 is 0 Å². The molecule has 0 radical (unpaired) electrons. The number of nitrogens with one attached hydrogen (secondary N) is 2. The van der Waals surface area contributed by atoms with Gasteiger partial charge in [0, 0.05) is 44.5 Å². The Labute approximate surface area is 155 Å². The van der Waals surface area contributed by atoms with Gasteiger partial charge in [-0.05, 0) is 44.0 Å². The summed E-state index contributed by atoms with van der Waals surface area (Å²) < 4.78 is 26.6. The maximum absolute atomic E-state index is 12.6. The van der Waals surface area contributed by atoms with Crippen LogP contribution in [0.4, 0.5) is 5.69 Å². The molecular weight excluding hydrogens is 352 g/mol. The SMILES string of the molecule is Cc1cccc(N2CCN(S(=O)(=O)CC(=O)N[C@H]3CCCNC3)CC2)c1. The van der Waals surface area contributed by atoms with E-state index < -0.39 is 21.7 Å². The Bertz CT molecular complexity index is 724. The van der Waals surface area contributed by atoms with E-state index in [0.717, 1.165) is 25.1 Å². The minimum Gasteiger partial charge on any atom is -0.369 e. The minimum absolute atomic E-state index is 0.0321. The third-order valence-electron chi connectivity index (χ3n) is 4.97. The first-order valence-electron chi connectivity index (χ1n) is 9.23. The van der Waals surface area contributed by atoms with Crippen LogP contribution < -0.4 is 15.5 Å². The predicted octanol–water partition coefficient (Wildman–Crippen LogP) is 0.315. The monoisotopic (exact) mass is 380 g/mol. The number of piperazine rings is 1. The summed E-state index contributed by atoms with van der Waals surface area (Å²) in [5.74, 6) is -0.867. The van der Waals surface area contributed by atoms with Crippen LogP contribution in [0.1, 0.15) is 18.4 Å². The Kier molecular flexibility index (Phi) is 6.16. The van der Waals surface area contributed by atoms with Crippen molar-refractivity contribution in [1.82, 2.24) is 14.9 Å². The second kappa shape index (κ2) is 8.37. The number of anilines is 1. The molecule has 2 saturated heterocycles. The van der Waals surface area contributed by atoms with Gasteiger partial charge in [-0.15, -0.1) is 0 Å². The summed E-state index contributed by atoms with van der Waals surface area (Å²) in [5.41, 5.74) is 2.30. The molecule has 0 saturated carbocycles. The van der Waals surface area contributed by atoms with E-state index in [4.69, 9.17) is 0 Å². The molecule has 0 unspecified atom stereocenters. The first kappa shape index (κ1) is 19.1. The molecule has 1 aromatic carbocycles. The molecule has 0 bridgehead atoms. The van der Waals surface area contributed by atoms with Crippen molar-refractivity contribution in [3.8, 4) is 0 Å². The molecule has 1 amide bonds. The second-order valence-corrected chi connectivity index (χ2v) is 9.06. The third kappa shape index (κ3) is 4.96. The van der Waals surface area contributed by atoms with Gasteiger partial charge in [-0.1, -0.05) is 12.1 Å². The number of hydrogen-bond acceptors (Lipinski definition) is 5. The van der Waals surface area contributed by atoms with Crippen molar-refractivity contribution in [3.05, 3.63) is 29.8 Å². The zero-order chi connectivity index (χ0) is 18.6. The largest absolute Gasteiger partial charge is 0.369 e. The second-order valence-electron chi connectivity index (χ2n) is 7.09. The van der Waals surface area contributed by atoms with Gasteiger partial charge in [0.25, 0.3) is 0 Å². The van der Waals surface area contributed by atoms with Gasteiger partial charge in [-0.25, -0.2) is 8.42 Å². The highest BCUT2D eigenvalue weighted by Crippen LogP contribution is 2.19. The Hall–Kier alpha value is -1.64. The Morgan fingerprint density at radius 3 is 2.69 bits per heavy atom. The average Bonchev–Trinajstić information content (AvgIpc) is 2.62. The summed E-state index contributed by atoms with van der Waals surface area (Å²) >= 11 is 0. The van der Waals surface area contributed by atoms with E-state index in [0.29, 0.717) is 32.7 Å². The highest BCUT2D eigenvalue weighted by Gasteiger charge is 2.29. The molecule has 26 heavy (non-hydrogen) atoms. The van der Waals surface area contributed by atoms with E-state index in [9.17, 15) is 13.2 Å². The van der Waals surface area contributed by atoms with Crippen LogP contribution in [0.25, 0.3) is 0 Å². The van der Waals surface area contributed by atoms with Gasteiger partial charge in [0.2, 0.25) is 15.9 Å². The van der Waals surface area contributed by atoms with Crippen LogP contribution in [-0.4, -0.2) is 69.7 Å². The summed E-state index contributed by atoms with van der Waals surface area (Å²) in [6.07, 6.45) is 1.90. The molecule has 2 aliphatic heterocycles. The Morgan fingerprint density at radius 2 is 2.04 bits per heavy atom. The molecule has 0 aliphatic carbocycles. The molecule has 2 aliphatic rings. The van der Waals surface area contributed by atoms with Gasteiger partial charge >= 0.3 is 0 Å². The molecule has 0 spiro atoms. The standard InChI is InChI=1S/C18H28N4O3S/c1-15-4-2-6-17(12-15)21-8-10-22(11-9-21)26(24,25)14-18(23)20-16-5-3-7-19-13-16/h2,4,6,12,16,19H,3,5,7-11,13-14H2,1H3,(H,20,23)/t16-/m0/s1. The Balaban J connectivity index is 1.51. The lowest BCUT2D eigenvalue weighted by molar-refractivity contribution is -0.119. The van der Waals surface area contributed by atoms with Gasteiger partial charge in [0.05, 0.1) is 0 Å². The number of aryl methyl sites for hydroxylation is 1. The average molecular weight is 381 g/mol. The first-order valence-corrected chi connectivity index (χ1v) is 10.8. The van der Waals surface area contributed by atoms with Gasteiger partial charge in [0.1, 0.15) is 5.75 Å². The van der Waals surface area contributed by atoms with E-state index in [-0.39, 0.29) is 6.04 Å². The summed E-state index contributed by atoms with van der Waals surface area (Å²) in [6.45, 7) is 5.80. The first-order chi connectivity index (χ1) is 12.4. The van der Waals surface area contributed by atoms with Gasteiger partial charge in [-0.3, -0.25) is 4.79 Å². The fourth-order valence-electron chi connectivity index (χ4n) is 3.55. The topological polar surface area (TPSA) is 81.8 Å². The van der Waals surface area contributed by atoms with Crippen LogP contribution in [-0.2, 0) is 14.8 Å². The van der Waals surface area contributed by atoms with Crippen molar-refractivity contribution in [2.24, 2.45) is 0 Å². The zero-order valence-electron chi connectivity index (χ0n) is 15.3. The van der Waals surface area contributed by atoms with Crippen molar-refractivity contribution in [2.45, 2.75) is 25.8 Å². The highest BCUT2D eigenvalue weighted by molar-refractivity contribution is 7.89. The lowest BCUT2D eigenvalue weighted by Gasteiger charge is -2.35. The van der Waals surface area contributed by atoms with Gasteiger partial charge in [0.15, 0.2) is 0 Å².